The van der Waals surface area contributed by atoms with Crippen LogP contribution in [0.2, 0.25) is 5.02 Å². The van der Waals surface area contributed by atoms with Crippen molar-refractivity contribution >= 4 is 328 Å². The molecule has 0 bridgehead atoms. The van der Waals surface area contributed by atoms with Gasteiger partial charge in [0.2, 0.25) is 0 Å². The molecule has 21 unspecified atom stereocenters. The molecule has 73 heavy (non-hydrogen) atoms. The SMILES string of the molecule is COC(=O)c1ccc(-c2cccc(Br)c2)c(Cl)c1.Cc1ccc(S(=O)(=O)Cl)cc1.FC1(c2ccccc2Br)CCC1.PPP(P)P.PPP(P)P(P(P(P)P)P(P)P)P(P(P(P)P)P(P)P)P(P(P)P)P(P)P. The van der Waals surface area contributed by atoms with Gasteiger partial charge < -0.3 is 4.74 Å². The van der Waals surface area contributed by atoms with Gasteiger partial charge >= 0.3 is 5.97 Å². The molecule has 4 aromatic carbocycles. The topological polar surface area (TPSA) is 60.4 Å². The van der Waals surface area contributed by atoms with Crippen molar-refractivity contribution in [3.05, 3.63) is 122 Å². The summed E-state index contributed by atoms with van der Waals surface area (Å²) in [6.07, 6.45) is 2.36. The van der Waals surface area contributed by atoms with Crippen molar-refractivity contribution in [2.45, 2.75) is 36.8 Å². The number of rotatable bonds is 17. The van der Waals surface area contributed by atoms with Gasteiger partial charge in [0.1, 0.15) is 5.67 Å². The highest BCUT2D eigenvalue weighted by atomic mass is 79.9. The van der Waals surface area contributed by atoms with Gasteiger partial charge in [-0.15, -0.1) is 152 Å². The van der Waals surface area contributed by atoms with Crippen LogP contribution in [-0.4, -0.2) is 21.5 Å². The molecule has 0 saturated heterocycles. The van der Waals surface area contributed by atoms with Gasteiger partial charge in [0.05, 0.1) is 17.6 Å². The highest BCUT2D eigenvalue weighted by Crippen LogP contribution is 3.36. The molecule has 42 heteroatoms. The Hall–Kier alpha value is 11.5. The van der Waals surface area contributed by atoms with Gasteiger partial charge in [0.15, 0.2) is 0 Å². The summed E-state index contributed by atoms with van der Waals surface area (Å²) >= 11 is 13.0. The van der Waals surface area contributed by atoms with Crippen molar-refractivity contribution in [3.8, 4) is 11.1 Å². The van der Waals surface area contributed by atoms with E-state index in [-0.39, 0.29) is 95.7 Å². The van der Waals surface area contributed by atoms with E-state index >= 15 is 0 Å². The van der Waals surface area contributed by atoms with Gasteiger partial charge in [-0.25, -0.2) is 17.6 Å². The minimum absolute atomic E-state index is 0.0165. The molecule has 1 fully saturated rings. The van der Waals surface area contributed by atoms with Gasteiger partial charge in [0.25, 0.3) is 9.05 Å². The van der Waals surface area contributed by atoms with E-state index in [0.29, 0.717) is 23.4 Å². The summed E-state index contributed by atoms with van der Waals surface area (Å²) < 4.78 is 41.8. The molecule has 4 aromatic rings. The second-order valence-corrected chi connectivity index (χ2v) is 139. The molecular weight excluding hydrogens is 1710 g/mol. The first-order valence-corrected chi connectivity index (χ1v) is 80.6. The fourth-order valence-electron chi connectivity index (χ4n) is 5.35. The van der Waals surface area contributed by atoms with Gasteiger partial charge in [0, 0.05) is 35.8 Å². The van der Waals surface area contributed by atoms with E-state index in [0.717, 1.165) is 53.5 Å². The second kappa shape index (κ2) is 44.1. The predicted molar refractivity (Wildman–Crippen MR) is 443 cm³/mol. The van der Waals surface area contributed by atoms with Crippen LogP contribution in [0.25, 0.3) is 11.1 Å². The molecule has 0 amide bonds. The van der Waals surface area contributed by atoms with Gasteiger partial charge in [-0.2, -0.15) is 0 Å². The van der Waals surface area contributed by atoms with E-state index in [2.05, 4.69) is 188 Å². The van der Waals surface area contributed by atoms with Crippen molar-refractivity contribution in [2.75, 3.05) is 7.11 Å². The molecule has 5 rings (SSSR count). The third kappa shape index (κ3) is 31.1. The Morgan fingerprint density at radius 1 is 0.658 bits per heavy atom. The van der Waals surface area contributed by atoms with E-state index in [1.165, 1.54) is 19.2 Å². The summed E-state index contributed by atoms with van der Waals surface area (Å²) in [6.45, 7) is 2.46. The number of carbonyl (C=O) groups is 1. The van der Waals surface area contributed by atoms with Gasteiger partial charge in [-0.3, -0.25) is 0 Å². The molecule has 1 saturated carbocycles. The highest BCUT2D eigenvalue weighted by Gasteiger charge is 2.48. The van der Waals surface area contributed by atoms with Crippen LogP contribution in [0.15, 0.2) is 105 Å². The summed E-state index contributed by atoms with van der Waals surface area (Å²) in [5.74, 6) is -0.391. The van der Waals surface area contributed by atoms with Gasteiger partial charge in [-0.05, 0) is 165 Å². The minimum atomic E-state index is -3.55. The Balaban J connectivity index is 0.000000496. The highest BCUT2D eigenvalue weighted by molar-refractivity contribution is 9.42. The number of methoxy groups -OCH3 is 1. The lowest BCUT2D eigenvalue weighted by Gasteiger charge is -2.50. The molecule has 412 valence electrons. The number of halogens is 5. The molecule has 1 aliphatic rings. The molecule has 0 N–H and O–H groups in total. The Labute approximate surface area is 520 Å². The Kier molecular flexibility index (Phi) is 49.9. The first kappa shape index (κ1) is 82.5. The van der Waals surface area contributed by atoms with Crippen LogP contribution in [0.1, 0.15) is 40.7 Å². The van der Waals surface area contributed by atoms with Crippen molar-refractivity contribution in [1.82, 2.24) is 0 Å². The molecule has 1 aliphatic carbocycles. The average Bonchev–Trinajstić information content (AvgIpc) is 3.29. The number of ether oxygens (including phenoxy) is 1. The largest absolute Gasteiger partial charge is 0.465 e. The number of hydrogen-bond acceptors (Lipinski definition) is 4. The molecule has 0 heterocycles. The quantitative estimate of drug-likeness (QED) is 0.0600. The molecular formula is C31H63Br2Cl2FO4P32S. The minimum Gasteiger partial charge on any atom is -0.465 e. The fourth-order valence-corrected chi connectivity index (χ4v) is 352. The zero-order valence-corrected chi connectivity index (χ0v) is 77.6. The fraction of sp³-hybridized carbons (Fsp3) is 0.194. The van der Waals surface area contributed by atoms with Crippen LogP contribution < -0.4 is 0 Å². The van der Waals surface area contributed by atoms with E-state index < -0.39 is 20.7 Å². The molecule has 0 aliphatic heterocycles. The maximum atomic E-state index is 13.9. The van der Waals surface area contributed by atoms with Crippen LogP contribution in [0.4, 0.5) is 4.39 Å². The molecule has 0 spiro atoms. The van der Waals surface area contributed by atoms with E-state index in [1.54, 1.807) is 24.3 Å². The number of hydrogen-bond donors (Lipinski definition) is 0. The van der Waals surface area contributed by atoms with Crippen LogP contribution >= 0.6 is 313 Å². The zero-order valence-electron chi connectivity index (χ0n) is 38.8. The Bertz CT molecular complexity index is 2330. The maximum absolute atomic E-state index is 13.9. The van der Waals surface area contributed by atoms with Crippen molar-refractivity contribution in [2.24, 2.45) is 0 Å². The van der Waals surface area contributed by atoms with Crippen LogP contribution in [0.5, 0.6) is 0 Å². The number of esters is 1. The molecule has 0 aromatic heterocycles. The van der Waals surface area contributed by atoms with Crippen LogP contribution in [0.3, 0.4) is 0 Å². The Morgan fingerprint density at radius 3 is 1.48 bits per heavy atom. The van der Waals surface area contributed by atoms with E-state index in [1.807, 2.05) is 61.5 Å². The third-order valence-electron chi connectivity index (χ3n) is 8.68. The molecule has 21 atom stereocenters. The summed E-state index contributed by atoms with van der Waals surface area (Å²) in [7, 11) is 58.7. The van der Waals surface area contributed by atoms with Crippen LogP contribution in [-0.2, 0) is 19.5 Å². The van der Waals surface area contributed by atoms with Crippen molar-refractivity contribution in [1.29, 1.82) is 0 Å². The van der Waals surface area contributed by atoms with Crippen molar-refractivity contribution < 1.29 is 22.3 Å². The maximum Gasteiger partial charge on any atom is 0.337 e. The summed E-state index contributed by atoms with van der Waals surface area (Å²) in [6, 6.07) is 26.9. The monoisotopic (exact) mass is 1770 g/mol. The van der Waals surface area contributed by atoms with Crippen LogP contribution in [0, 0.1) is 6.92 Å². The third-order valence-corrected chi connectivity index (χ3v) is 200. The number of aryl methyl sites for hydroxylation is 1. The van der Waals surface area contributed by atoms with Crippen molar-refractivity contribution in [3.63, 3.8) is 0 Å². The molecule has 4 nitrogen and oxygen atoms in total. The zero-order chi connectivity index (χ0) is 56.1. The molecule has 0 radical (unpaired) electrons. The van der Waals surface area contributed by atoms with Gasteiger partial charge in [-0.1, -0.05) is 113 Å². The summed E-state index contributed by atoms with van der Waals surface area (Å²) in [4.78, 5) is 11.5. The average molecular weight is 1770 g/mol. The standard InChI is InChI=1S/C14H10BrClO2.C10H10BrF.C7H7ClO2S.H29P27.H7P5/c1-18-14(17)10-5-6-12(13(16)8-10)9-3-2-4-11(15)7-9;11-9-5-2-1-4-8(9)10(12)6-3-7-10;1-6-2-4-7(5-3-6)11(8,9)10;1-15-22(14)26(23(16(2)3)17(4)5)27(24(18(6)7)19(8)9)25(20(10)11)21(12)13;1-4-5(2)3/h2-8H,1H3;1-2,4-5H,3,6-7H2;2-5H,1H3;15H,1-14H2;4H,1-3H2. The lowest BCUT2D eigenvalue weighted by atomic mass is 9.77. The lowest BCUT2D eigenvalue weighted by molar-refractivity contribution is 0.0596. The van der Waals surface area contributed by atoms with E-state index in [9.17, 15) is 17.6 Å². The smallest absolute Gasteiger partial charge is 0.337 e. The predicted octanol–water partition coefficient (Wildman–Crippen LogP) is 28.2. The number of carbonyl (C=O) groups excluding carboxylic acids is 1. The summed E-state index contributed by atoms with van der Waals surface area (Å²) in [5, 5.41) is 0.524. The second-order valence-electron chi connectivity index (χ2n) is 13.9. The number of alkyl halides is 1. The lowest BCUT2D eigenvalue weighted by Crippen LogP contribution is -2.28. The first-order valence-electron chi connectivity index (χ1n) is 19.5. The van der Waals surface area contributed by atoms with E-state index in [4.69, 9.17) is 22.3 Å². The number of benzene rings is 4. The Morgan fingerprint density at radius 2 is 1.12 bits per heavy atom. The first-order chi connectivity index (χ1) is 33.9. The normalized spacial score (nSPS) is 14.5. The summed E-state index contributed by atoms with van der Waals surface area (Å²) in [5.41, 5.74) is 3.10.